The Bertz CT molecular complexity index is 528. The highest BCUT2D eigenvalue weighted by Crippen LogP contribution is 2.14. The van der Waals surface area contributed by atoms with E-state index < -0.39 is 0 Å². The van der Waals surface area contributed by atoms with Crippen molar-refractivity contribution in [2.45, 2.75) is 0 Å². The van der Waals surface area contributed by atoms with Gasteiger partial charge in [-0.25, -0.2) is 0 Å². The Labute approximate surface area is 116 Å². The minimum Gasteiger partial charge on any atom is -0.325 e. The van der Waals surface area contributed by atoms with E-state index >= 15 is 0 Å². The maximum absolute atomic E-state index is 11.1. The molecule has 2 aromatic rings. The average Bonchev–Trinajstić information content (AvgIpc) is 2.47. The molecule has 2 aromatic carbocycles. The van der Waals surface area contributed by atoms with Crippen molar-refractivity contribution in [3.63, 3.8) is 0 Å². The molecule has 0 fully saturated rings. The summed E-state index contributed by atoms with van der Waals surface area (Å²) in [5, 5.41) is 2.67. The first-order chi connectivity index (χ1) is 9.28. The summed E-state index contributed by atoms with van der Waals surface area (Å²) >= 11 is 5.42. The molecule has 0 heterocycles. The van der Waals surface area contributed by atoms with Gasteiger partial charge in [0.1, 0.15) is 5.88 Å². The van der Waals surface area contributed by atoms with E-state index in [1.165, 1.54) is 0 Å². The van der Waals surface area contributed by atoms with Gasteiger partial charge in [-0.15, -0.1) is 11.6 Å². The molecule has 0 aliphatic carbocycles. The van der Waals surface area contributed by atoms with Gasteiger partial charge in [0.25, 0.3) is 0 Å². The SMILES string of the molecule is O=C(CCl)Nc1ccc(NNc2ccccc2)cc1. The van der Waals surface area contributed by atoms with Crippen molar-refractivity contribution in [2.75, 3.05) is 22.0 Å². The Kier molecular flexibility index (Phi) is 4.64. The standard InChI is InChI=1S/C14H14ClN3O/c15-10-14(19)16-11-6-8-13(9-7-11)18-17-12-4-2-1-3-5-12/h1-9,17-18H,10H2,(H,16,19). The number of benzene rings is 2. The lowest BCUT2D eigenvalue weighted by Crippen LogP contribution is -2.12. The monoisotopic (exact) mass is 275 g/mol. The highest BCUT2D eigenvalue weighted by Gasteiger charge is 1.99. The van der Waals surface area contributed by atoms with E-state index in [-0.39, 0.29) is 11.8 Å². The Morgan fingerprint density at radius 3 is 1.95 bits per heavy atom. The van der Waals surface area contributed by atoms with Crippen molar-refractivity contribution >= 4 is 34.6 Å². The van der Waals surface area contributed by atoms with Crippen LogP contribution in [-0.4, -0.2) is 11.8 Å². The molecule has 0 aliphatic rings. The van der Waals surface area contributed by atoms with Crippen molar-refractivity contribution in [2.24, 2.45) is 0 Å². The molecular weight excluding hydrogens is 262 g/mol. The summed E-state index contributed by atoms with van der Waals surface area (Å²) in [5.74, 6) is -0.264. The summed E-state index contributed by atoms with van der Waals surface area (Å²) in [7, 11) is 0. The van der Waals surface area contributed by atoms with E-state index in [4.69, 9.17) is 11.6 Å². The molecule has 0 atom stereocenters. The molecule has 0 aromatic heterocycles. The predicted molar refractivity (Wildman–Crippen MR) is 79.5 cm³/mol. The number of halogens is 1. The van der Waals surface area contributed by atoms with Gasteiger partial charge in [0.2, 0.25) is 5.91 Å². The van der Waals surface area contributed by atoms with Crippen molar-refractivity contribution in [3.8, 4) is 0 Å². The van der Waals surface area contributed by atoms with Gasteiger partial charge in [-0.3, -0.25) is 4.79 Å². The van der Waals surface area contributed by atoms with Gasteiger partial charge in [-0.1, -0.05) is 18.2 Å². The third-order valence-electron chi connectivity index (χ3n) is 2.41. The van der Waals surface area contributed by atoms with Crippen LogP contribution in [0.25, 0.3) is 0 Å². The molecular formula is C14H14ClN3O. The molecule has 2 rings (SSSR count). The third-order valence-corrected chi connectivity index (χ3v) is 2.66. The van der Waals surface area contributed by atoms with Crippen LogP contribution < -0.4 is 16.2 Å². The number of hydrogen-bond acceptors (Lipinski definition) is 3. The molecule has 5 heteroatoms. The fourth-order valence-electron chi connectivity index (χ4n) is 1.50. The lowest BCUT2D eigenvalue weighted by atomic mass is 10.3. The summed E-state index contributed by atoms with van der Waals surface area (Å²) in [6.07, 6.45) is 0. The zero-order valence-electron chi connectivity index (χ0n) is 10.2. The number of hydrogen-bond donors (Lipinski definition) is 3. The van der Waals surface area contributed by atoms with E-state index in [0.29, 0.717) is 0 Å². The van der Waals surface area contributed by atoms with Gasteiger partial charge in [0.05, 0.1) is 11.4 Å². The van der Waals surface area contributed by atoms with Gasteiger partial charge in [-0.05, 0) is 36.4 Å². The van der Waals surface area contributed by atoms with Crippen LogP contribution in [0, 0.1) is 0 Å². The molecule has 3 N–H and O–H groups in total. The van der Waals surface area contributed by atoms with Crippen molar-refractivity contribution in [3.05, 3.63) is 54.6 Å². The molecule has 0 spiro atoms. The number of rotatable bonds is 5. The number of nitrogens with one attached hydrogen (secondary N) is 3. The number of anilines is 3. The predicted octanol–water partition coefficient (Wildman–Crippen LogP) is 3.30. The van der Waals surface area contributed by atoms with Crippen LogP contribution in [0.1, 0.15) is 0 Å². The number of carbonyl (C=O) groups is 1. The number of carbonyl (C=O) groups excluding carboxylic acids is 1. The van der Waals surface area contributed by atoms with Crippen molar-refractivity contribution in [1.29, 1.82) is 0 Å². The van der Waals surface area contributed by atoms with Crippen LogP contribution in [0.3, 0.4) is 0 Å². The largest absolute Gasteiger partial charge is 0.325 e. The minimum absolute atomic E-state index is 0.0461. The minimum atomic E-state index is -0.218. The topological polar surface area (TPSA) is 53.2 Å². The van der Waals surface area contributed by atoms with Crippen LogP contribution in [0.15, 0.2) is 54.6 Å². The van der Waals surface area contributed by atoms with Crippen LogP contribution in [0.4, 0.5) is 17.1 Å². The average molecular weight is 276 g/mol. The first kappa shape index (κ1) is 13.2. The van der Waals surface area contributed by atoms with Crippen LogP contribution >= 0.6 is 11.6 Å². The molecule has 98 valence electrons. The highest BCUT2D eigenvalue weighted by molar-refractivity contribution is 6.29. The zero-order chi connectivity index (χ0) is 13.5. The van der Waals surface area contributed by atoms with Crippen LogP contribution in [-0.2, 0) is 4.79 Å². The second-order valence-electron chi connectivity index (χ2n) is 3.88. The van der Waals surface area contributed by atoms with Gasteiger partial charge in [-0.2, -0.15) is 0 Å². The molecule has 4 nitrogen and oxygen atoms in total. The lowest BCUT2D eigenvalue weighted by molar-refractivity contribution is -0.113. The summed E-state index contributed by atoms with van der Waals surface area (Å²) in [4.78, 5) is 11.1. The normalized spacial score (nSPS) is 9.74. The lowest BCUT2D eigenvalue weighted by Gasteiger charge is -2.10. The second-order valence-corrected chi connectivity index (χ2v) is 4.14. The number of hydrazine groups is 1. The maximum Gasteiger partial charge on any atom is 0.239 e. The Balaban J connectivity index is 1.90. The Morgan fingerprint density at radius 1 is 0.842 bits per heavy atom. The summed E-state index contributed by atoms with van der Waals surface area (Å²) < 4.78 is 0. The van der Waals surface area contributed by atoms with E-state index in [1.807, 2.05) is 42.5 Å². The van der Waals surface area contributed by atoms with E-state index in [0.717, 1.165) is 17.1 Å². The Morgan fingerprint density at radius 2 is 1.37 bits per heavy atom. The third kappa shape index (κ3) is 4.19. The van der Waals surface area contributed by atoms with Gasteiger partial charge in [0, 0.05) is 5.69 Å². The molecule has 19 heavy (non-hydrogen) atoms. The summed E-state index contributed by atoms with van der Waals surface area (Å²) in [6.45, 7) is 0. The van der Waals surface area contributed by atoms with Crippen LogP contribution in [0.5, 0.6) is 0 Å². The van der Waals surface area contributed by atoms with E-state index in [1.54, 1.807) is 12.1 Å². The molecule has 0 saturated carbocycles. The zero-order valence-corrected chi connectivity index (χ0v) is 10.9. The van der Waals surface area contributed by atoms with Gasteiger partial charge in [0.15, 0.2) is 0 Å². The Hall–Kier alpha value is -2.20. The molecule has 1 amide bonds. The molecule has 0 saturated heterocycles. The van der Waals surface area contributed by atoms with Gasteiger partial charge >= 0.3 is 0 Å². The second kappa shape index (κ2) is 6.66. The first-order valence-corrected chi connectivity index (χ1v) is 6.34. The van der Waals surface area contributed by atoms with Gasteiger partial charge < -0.3 is 16.2 Å². The van der Waals surface area contributed by atoms with Crippen LogP contribution in [0.2, 0.25) is 0 Å². The molecule has 0 unspecified atom stereocenters. The van der Waals surface area contributed by atoms with Crippen molar-refractivity contribution < 1.29 is 4.79 Å². The fraction of sp³-hybridized carbons (Fsp3) is 0.0714. The van der Waals surface area contributed by atoms with E-state index in [9.17, 15) is 4.79 Å². The number of amides is 1. The molecule has 0 bridgehead atoms. The van der Waals surface area contributed by atoms with Crippen molar-refractivity contribution in [1.82, 2.24) is 0 Å². The molecule has 0 aliphatic heterocycles. The fourth-order valence-corrected chi connectivity index (χ4v) is 1.56. The number of para-hydroxylation sites is 1. The first-order valence-electron chi connectivity index (χ1n) is 5.81. The van der Waals surface area contributed by atoms with E-state index in [2.05, 4.69) is 16.2 Å². The smallest absolute Gasteiger partial charge is 0.239 e. The summed E-state index contributed by atoms with van der Waals surface area (Å²) in [6, 6.07) is 17.1. The molecule has 0 radical (unpaired) electrons. The summed E-state index contributed by atoms with van der Waals surface area (Å²) in [5.41, 5.74) is 8.73. The number of alkyl halides is 1. The highest BCUT2D eigenvalue weighted by atomic mass is 35.5. The quantitative estimate of drug-likeness (QED) is 0.580. The maximum atomic E-state index is 11.1.